The van der Waals surface area contributed by atoms with Gasteiger partial charge in [-0.3, -0.25) is 0 Å². The number of hydrogen-bond acceptors (Lipinski definition) is 3. The Morgan fingerprint density at radius 2 is 2.11 bits per heavy atom. The topological polar surface area (TPSA) is 28.2 Å². The highest BCUT2D eigenvalue weighted by Gasteiger charge is 2.18. The molecule has 1 aliphatic carbocycles. The van der Waals surface area contributed by atoms with Crippen LogP contribution in [-0.4, -0.2) is 36.1 Å². The van der Waals surface area contributed by atoms with Crippen molar-refractivity contribution in [1.82, 2.24) is 9.88 Å². The molecule has 1 aromatic heterocycles. The predicted octanol–water partition coefficient (Wildman–Crippen LogP) is 3.44. The molecule has 1 heterocycles. The number of hydrogen-bond donors (Lipinski definition) is 1. The average molecular weight is 312 g/mol. The van der Waals surface area contributed by atoms with E-state index in [1.54, 1.807) is 0 Å². The second-order valence-electron chi connectivity index (χ2n) is 5.11. The third-order valence-electron chi connectivity index (χ3n) is 3.74. The van der Waals surface area contributed by atoms with Crippen LogP contribution in [-0.2, 0) is 0 Å². The molecule has 1 fully saturated rings. The summed E-state index contributed by atoms with van der Waals surface area (Å²) < 4.78 is 1.07. The zero-order chi connectivity index (χ0) is 13.0. The highest BCUT2D eigenvalue weighted by atomic mass is 79.9. The Labute approximate surface area is 118 Å². The number of aromatic nitrogens is 1. The molecular formula is C14H22BrN3. The summed E-state index contributed by atoms with van der Waals surface area (Å²) in [5, 5.41) is 3.39. The lowest BCUT2D eigenvalue weighted by Gasteiger charge is -2.24. The van der Waals surface area contributed by atoms with E-state index in [0.717, 1.165) is 35.1 Å². The fourth-order valence-corrected chi connectivity index (χ4v) is 2.75. The second-order valence-corrected chi connectivity index (χ2v) is 5.96. The molecule has 3 nitrogen and oxygen atoms in total. The van der Waals surface area contributed by atoms with E-state index in [1.807, 2.05) is 19.1 Å². The SMILES string of the molecule is Cc1nc(NCCN(C)C2CCCC2)ccc1Br. The number of nitrogens with one attached hydrogen (secondary N) is 1. The Kier molecular flexibility index (Phi) is 5.01. The Morgan fingerprint density at radius 1 is 1.39 bits per heavy atom. The van der Waals surface area contributed by atoms with Crippen molar-refractivity contribution in [2.24, 2.45) is 0 Å². The number of aryl methyl sites for hydroxylation is 1. The summed E-state index contributed by atoms with van der Waals surface area (Å²) in [5.74, 6) is 0.968. The monoisotopic (exact) mass is 311 g/mol. The first-order chi connectivity index (χ1) is 8.66. The predicted molar refractivity (Wildman–Crippen MR) is 80.0 cm³/mol. The summed E-state index contributed by atoms with van der Waals surface area (Å²) in [4.78, 5) is 6.97. The van der Waals surface area contributed by atoms with Crippen LogP contribution in [0.3, 0.4) is 0 Å². The van der Waals surface area contributed by atoms with E-state index < -0.39 is 0 Å². The first kappa shape index (κ1) is 13.8. The third-order valence-corrected chi connectivity index (χ3v) is 4.58. The van der Waals surface area contributed by atoms with Crippen LogP contribution in [0.4, 0.5) is 5.82 Å². The Balaban J connectivity index is 1.75. The Bertz CT molecular complexity index is 389. The molecule has 1 aliphatic rings. The molecule has 0 unspecified atom stereocenters. The first-order valence-corrected chi connectivity index (χ1v) is 7.53. The van der Waals surface area contributed by atoms with Crippen molar-refractivity contribution in [1.29, 1.82) is 0 Å². The van der Waals surface area contributed by atoms with Crippen molar-refractivity contribution >= 4 is 21.7 Å². The van der Waals surface area contributed by atoms with E-state index in [1.165, 1.54) is 25.7 Å². The molecule has 0 bridgehead atoms. The molecular weight excluding hydrogens is 290 g/mol. The zero-order valence-electron chi connectivity index (χ0n) is 11.2. The van der Waals surface area contributed by atoms with E-state index in [9.17, 15) is 0 Å². The third kappa shape index (κ3) is 3.69. The smallest absolute Gasteiger partial charge is 0.126 e. The maximum absolute atomic E-state index is 4.49. The van der Waals surface area contributed by atoms with Crippen LogP contribution in [0.25, 0.3) is 0 Å². The maximum atomic E-state index is 4.49. The van der Waals surface area contributed by atoms with Gasteiger partial charge in [-0.05, 0) is 54.9 Å². The van der Waals surface area contributed by atoms with Gasteiger partial charge < -0.3 is 10.2 Å². The molecule has 18 heavy (non-hydrogen) atoms. The number of nitrogens with zero attached hydrogens (tertiary/aromatic N) is 2. The molecule has 0 radical (unpaired) electrons. The summed E-state index contributed by atoms with van der Waals surface area (Å²) in [7, 11) is 2.23. The highest BCUT2D eigenvalue weighted by Crippen LogP contribution is 2.22. The van der Waals surface area contributed by atoms with E-state index in [4.69, 9.17) is 0 Å². The maximum Gasteiger partial charge on any atom is 0.126 e. The fourth-order valence-electron chi connectivity index (χ4n) is 2.53. The molecule has 0 amide bonds. The van der Waals surface area contributed by atoms with Crippen LogP contribution < -0.4 is 5.32 Å². The summed E-state index contributed by atoms with van der Waals surface area (Å²) in [5.41, 5.74) is 1.03. The largest absolute Gasteiger partial charge is 0.369 e. The quantitative estimate of drug-likeness (QED) is 0.903. The van der Waals surface area contributed by atoms with Gasteiger partial charge in [0.1, 0.15) is 5.82 Å². The number of rotatable bonds is 5. The standard InChI is InChI=1S/C14H22BrN3/c1-11-13(15)7-8-14(17-11)16-9-10-18(2)12-5-3-4-6-12/h7-8,12H,3-6,9-10H2,1-2H3,(H,16,17). The lowest BCUT2D eigenvalue weighted by atomic mass is 10.2. The van der Waals surface area contributed by atoms with Crippen molar-refractivity contribution in [3.63, 3.8) is 0 Å². The minimum atomic E-state index is 0.798. The molecule has 0 spiro atoms. The summed E-state index contributed by atoms with van der Waals surface area (Å²) in [6.45, 7) is 4.06. The minimum Gasteiger partial charge on any atom is -0.369 e. The van der Waals surface area contributed by atoms with Gasteiger partial charge in [-0.2, -0.15) is 0 Å². The minimum absolute atomic E-state index is 0.798. The zero-order valence-corrected chi connectivity index (χ0v) is 12.8. The van der Waals surface area contributed by atoms with Gasteiger partial charge in [0.2, 0.25) is 0 Å². The van der Waals surface area contributed by atoms with Crippen molar-refractivity contribution in [3.05, 3.63) is 22.3 Å². The van der Waals surface area contributed by atoms with Gasteiger partial charge in [0.15, 0.2) is 0 Å². The first-order valence-electron chi connectivity index (χ1n) is 6.74. The van der Waals surface area contributed by atoms with E-state index in [-0.39, 0.29) is 0 Å². The van der Waals surface area contributed by atoms with Crippen LogP contribution in [0, 0.1) is 6.92 Å². The van der Waals surface area contributed by atoms with Gasteiger partial charge in [-0.1, -0.05) is 12.8 Å². The van der Waals surface area contributed by atoms with Crippen LogP contribution in [0.15, 0.2) is 16.6 Å². The van der Waals surface area contributed by atoms with Crippen LogP contribution in [0.1, 0.15) is 31.4 Å². The van der Waals surface area contributed by atoms with Gasteiger partial charge in [-0.15, -0.1) is 0 Å². The average Bonchev–Trinajstić information content (AvgIpc) is 2.87. The van der Waals surface area contributed by atoms with Crippen LogP contribution >= 0.6 is 15.9 Å². The van der Waals surface area contributed by atoms with Gasteiger partial charge >= 0.3 is 0 Å². The van der Waals surface area contributed by atoms with Crippen molar-refractivity contribution < 1.29 is 0 Å². The lowest BCUT2D eigenvalue weighted by molar-refractivity contribution is 0.254. The number of likely N-dealkylation sites (N-methyl/N-ethyl adjacent to an activating group) is 1. The summed E-state index contributed by atoms with van der Waals surface area (Å²) in [6.07, 6.45) is 5.53. The van der Waals surface area contributed by atoms with Crippen LogP contribution in [0.2, 0.25) is 0 Å². The molecule has 4 heteroatoms. The normalized spacial score (nSPS) is 16.4. The molecule has 2 rings (SSSR count). The molecule has 1 N–H and O–H groups in total. The second kappa shape index (κ2) is 6.53. The lowest BCUT2D eigenvalue weighted by Crippen LogP contribution is -2.33. The summed E-state index contributed by atoms with van der Waals surface area (Å²) >= 11 is 3.47. The van der Waals surface area contributed by atoms with Crippen molar-refractivity contribution in [2.75, 3.05) is 25.5 Å². The molecule has 100 valence electrons. The number of pyridine rings is 1. The molecule has 0 atom stereocenters. The number of halogens is 1. The van der Waals surface area contributed by atoms with Gasteiger partial charge in [0.25, 0.3) is 0 Å². The molecule has 1 saturated carbocycles. The van der Waals surface area contributed by atoms with E-state index in [2.05, 4.69) is 38.2 Å². The Morgan fingerprint density at radius 3 is 2.78 bits per heavy atom. The number of anilines is 1. The molecule has 0 aliphatic heterocycles. The van der Waals surface area contributed by atoms with E-state index in [0.29, 0.717) is 0 Å². The Hall–Kier alpha value is -0.610. The van der Waals surface area contributed by atoms with E-state index >= 15 is 0 Å². The molecule has 0 aromatic carbocycles. The highest BCUT2D eigenvalue weighted by molar-refractivity contribution is 9.10. The van der Waals surface area contributed by atoms with Gasteiger partial charge in [-0.25, -0.2) is 4.98 Å². The summed E-state index contributed by atoms with van der Waals surface area (Å²) in [6, 6.07) is 4.87. The fraction of sp³-hybridized carbons (Fsp3) is 0.643. The van der Waals surface area contributed by atoms with Crippen molar-refractivity contribution in [2.45, 2.75) is 38.6 Å². The van der Waals surface area contributed by atoms with Gasteiger partial charge in [0.05, 0.1) is 5.69 Å². The van der Waals surface area contributed by atoms with Crippen LogP contribution in [0.5, 0.6) is 0 Å². The van der Waals surface area contributed by atoms with Gasteiger partial charge in [0, 0.05) is 23.6 Å². The van der Waals surface area contributed by atoms with Crippen molar-refractivity contribution in [3.8, 4) is 0 Å². The molecule has 0 saturated heterocycles. The molecule has 1 aromatic rings.